The average Bonchev–Trinajstić information content (AvgIpc) is 2.74. The zero-order chi connectivity index (χ0) is 14.7. The fraction of sp³-hybridized carbons (Fsp3) is 0.333. The molecular weight excluding hydrogens is 262 g/mol. The summed E-state index contributed by atoms with van der Waals surface area (Å²) in [5.74, 6) is 1.89. The number of benzene rings is 2. The van der Waals surface area contributed by atoms with Gasteiger partial charge in [0.25, 0.3) is 0 Å². The minimum atomic E-state index is 0.660. The van der Waals surface area contributed by atoms with E-state index in [4.69, 9.17) is 9.47 Å². The predicted molar refractivity (Wildman–Crippen MR) is 85.0 cm³/mol. The van der Waals surface area contributed by atoms with Crippen molar-refractivity contribution in [3.63, 3.8) is 0 Å². The molecule has 0 saturated heterocycles. The van der Waals surface area contributed by atoms with Gasteiger partial charge in [0.05, 0.1) is 6.61 Å². The van der Waals surface area contributed by atoms with E-state index in [-0.39, 0.29) is 0 Å². The lowest BCUT2D eigenvalue weighted by Gasteiger charge is -2.16. The maximum Gasteiger partial charge on any atom is 0.131 e. The van der Waals surface area contributed by atoms with Crippen LogP contribution in [0.15, 0.2) is 36.4 Å². The van der Waals surface area contributed by atoms with Crippen molar-refractivity contribution in [1.82, 2.24) is 5.32 Å². The second-order valence-electron chi connectivity index (χ2n) is 5.25. The highest BCUT2D eigenvalue weighted by molar-refractivity contribution is 5.77. The molecule has 2 aromatic rings. The van der Waals surface area contributed by atoms with Gasteiger partial charge in [-0.3, -0.25) is 0 Å². The molecule has 3 nitrogen and oxygen atoms in total. The average molecular weight is 283 g/mol. The van der Waals surface area contributed by atoms with E-state index in [0.717, 1.165) is 35.7 Å². The first-order valence-electron chi connectivity index (χ1n) is 7.49. The molecule has 3 rings (SSSR count). The zero-order valence-corrected chi connectivity index (χ0v) is 12.6. The van der Waals surface area contributed by atoms with Crippen LogP contribution in [0.5, 0.6) is 11.5 Å². The lowest BCUT2D eigenvalue weighted by Crippen LogP contribution is -2.16. The standard InChI is InChI=1S/C18H21NO2/c1-3-20-17-8-7-13(2)11-16(17)15-6-4-5-14-12-19-9-10-21-18(14)15/h4-8,11,19H,3,9-10,12H2,1-2H3. The van der Waals surface area contributed by atoms with Gasteiger partial charge in [-0.05, 0) is 26.0 Å². The van der Waals surface area contributed by atoms with Crippen molar-refractivity contribution >= 4 is 0 Å². The molecular formula is C18H21NO2. The highest BCUT2D eigenvalue weighted by Gasteiger charge is 2.17. The Morgan fingerprint density at radius 1 is 1.19 bits per heavy atom. The van der Waals surface area contributed by atoms with E-state index in [9.17, 15) is 0 Å². The Morgan fingerprint density at radius 3 is 2.95 bits per heavy atom. The Labute approximate surface area is 125 Å². The number of aryl methyl sites for hydroxylation is 1. The molecule has 0 fully saturated rings. The van der Waals surface area contributed by atoms with Gasteiger partial charge in [-0.1, -0.05) is 29.8 Å². The van der Waals surface area contributed by atoms with Crippen LogP contribution < -0.4 is 14.8 Å². The minimum absolute atomic E-state index is 0.660. The van der Waals surface area contributed by atoms with Gasteiger partial charge < -0.3 is 14.8 Å². The second-order valence-corrected chi connectivity index (χ2v) is 5.25. The Kier molecular flexibility index (Phi) is 4.11. The largest absolute Gasteiger partial charge is 0.493 e. The lowest BCUT2D eigenvalue weighted by molar-refractivity contribution is 0.325. The molecule has 0 amide bonds. The van der Waals surface area contributed by atoms with Crippen molar-refractivity contribution in [3.8, 4) is 22.6 Å². The van der Waals surface area contributed by atoms with Crippen LogP contribution in [0, 0.1) is 6.92 Å². The fourth-order valence-electron chi connectivity index (χ4n) is 2.69. The number of hydrogen-bond donors (Lipinski definition) is 1. The Hall–Kier alpha value is -2.00. The quantitative estimate of drug-likeness (QED) is 0.934. The van der Waals surface area contributed by atoms with Crippen LogP contribution in [0.2, 0.25) is 0 Å². The van der Waals surface area contributed by atoms with Crippen molar-refractivity contribution in [2.24, 2.45) is 0 Å². The molecule has 0 atom stereocenters. The van der Waals surface area contributed by atoms with Crippen LogP contribution in [0.1, 0.15) is 18.1 Å². The van der Waals surface area contributed by atoms with E-state index in [1.54, 1.807) is 0 Å². The fourth-order valence-corrected chi connectivity index (χ4v) is 2.69. The van der Waals surface area contributed by atoms with Gasteiger partial charge in [0.1, 0.15) is 18.1 Å². The van der Waals surface area contributed by atoms with Crippen molar-refractivity contribution in [3.05, 3.63) is 47.5 Å². The summed E-state index contributed by atoms with van der Waals surface area (Å²) in [6, 6.07) is 12.6. The number of hydrogen-bond acceptors (Lipinski definition) is 3. The molecule has 110 valence electrons. The lowest BCUT2D eigenvalue weighted by atomic mass is 9.98. The molecule has 1 aliphatic rings. The summed E-state index contributed by atoms with van der Waals surface area (Å²) in [5, 5.41) is 3.38. The molecule has 0 unspecified atom stereocenters. The van der Waals surface area contributed by atoms with Crippen molar-refractivity contribution in [2.75, 3.05) is 19.8 Å². The monoisotopic (exact) mass is 283 g/mol. The molecule has 2 aromatic carbocycles. The van der Waals surface area contributed by atoms with Gasteiger partial charge >= 0.3 is 0 Å². The molecule has 1 N–H and O–H groups in total. The number of fused-ring (bicyclic) bond motifs is 1. The number of nitrogens with one attached hydrogen (secondary N) is 1. The molecule has 1 heterocycles. The number of rotatable bonds is 3. The van der Waals surface area contributed by atoms with E-state index in [0.29, 0.717) is 13.2 Å². The van der Waals surface area contributed by atoms with Gasteiger partial charge in [-0.2, -0.15) is 0 Å². The molecule has 0 aliphatic carbocycles. The van der Waals surface area contributed by atoms with Gasteiger partial charge in [0.2, 0.25) is 0 Å². The molecule has 1 aliphatic heterocycles. The summed E-state index contributed by atoms with van der Waals surface area (Å²) >= 11 is 0. The molecule has 0 bridgehead atoms. The van der Waals surface area contributed by atoms with Gasteiger partial charge in [0.15, 0.2) is 0 Å². The first-order valence-corrected chi connectivity index (χ1v) is 7.49. The molecule has 0 saturated carbocycles. The summed E-state index contributed by atoms with van der Waals surface area (Å²) in [5.41, 5.74) is 4.64. The summed E-state index contributed by atoms with van der Waals surface area (Å²) in [6.45, 7) is 7.19. The Balaban J connectivity index is 2.14. The maximum absolute atomic E-state index is 5.99. The molecule has 0 spiro atoms. The van der Waals surface area contributed by atoms with E-state index < -0.39 is 0 Å². The third kappa shape index (κ3) is 2.88. The van der Waals surface area contributed by atoms with Gasteiger partial charge in [-0.25, -0.2) is 0 Å². The van der Waals surface area contributed by atoms with Crippen molar-refractivity contribution in [1.29, 1.82) is 0 Å². The van der Waals surface area contributed by atoms with E-state index in [2.05, 4.69) is 42.6 Å². The second kappa shape index (κ2) is 6.19. The summed E-state index contributed by atoms with van der Waals surface area (Å²) in [7, 11) is 0. The summed E-state index contributed by atoms with van der Waals surface area (Å²) in [4.78, 5) is 0. The van der Waals surface area contributed by atoms with Crippen molar-refractivity contribution in [2.45, 2.75) is 20.4 Å². The third-order valence-corrected chi connectivity index (χ3v) is 3.66. The highest BCUT2D eigenvalue weighted by atomic mass is 16.5. The first-order chi connectivity index (χ1) is 10.3. The van der Waals surface area contributed by atoms with Crippen LogP contribution in [0.4, 0.5) is 0 Å². The minimum Gasteiger partial charge on any atom is -0.493 e. The molecule has 3 heteroatoms. The Bertz CT molecular complexity index is 637. The molecule has 0 radical (unpaired) electrons. The van der Waals surface area contributed by atoms with Crippen LogP contribution in [0.3, 0.4) is 0 Å². The zero-order valence-electron chi connectivity index (χ0n) is 12.6. The topological polar surface area (TPSA) is 30.5 Å². The predicted octanol–water partition coefficient (Wildman–Crippen LogP) is 3.54. The third-order valence-electron chi connectivity index (χ3n) is 3.66. The molecule has 0 aromatic heterocycles. The normalized spacial score (nSPS) is 14.0. The van der Waals surface area contributed by atoms with Crippen LogP contribution >= 0.6 is 0 Å². The van der Waals surface area contributed by atoms with Gasteiger partial charge in [0, 0.05) is 29.8 Å². The smallest absolute Gasteiger partial charge is 0.131 e. The van der Waals surface area contributed by atoms with Crippen LogP contribution in [-0.2, 0) is 6.54 Å². The Morgan fingerprint density at radius 2 is 2.10 bits per heavy atom. The van der Waals surface area contributed by atoms with Gasteiger partial charge in [-0.15, -0.1) is 0 Å². The van der Waals surface area contributed by atoms with Crippen LogP contribution in [0.25, 0.3) is 11.1 Å². The molecule has 21 heavy (non-hydrogen) atoms. The SMILES string of the molecule is CCOc1ccc(C)cc1-c1cccc2c1OCCNC2. The number of ether oxygens (including phenoxy) is 2. The van der Waals surface area contributed by atoms with E-state index >= 15 is 0 Å². The maximum atomic E-state index is 5.99. The van der Waals surface area contributed by atoms with E-state index in [1.807, 2.05) is 13.0 Å². The van der Waals surface area contributed by atoms with E-state index in [1.165, 1.54) is 11.1 Å². The summed E-state index contributed by atoms with van der Waals surface area (Å²) < 4.78 is 11.8. The first kappa shape index (κ1) is 14.0. The van der Waals surface area contributed by atoms with Crippen molar-refractivity contribution < 1.29 is 9.47 Å². The summed E-state index contributed by atoms with van der Waals surface area (Å²) in [6.07, 6.45) is 0. The van der Waals surface area contributed by atoms with Crippen LogP contribution in [-0.4, -0.2) is 19.8 Å². The highest BCUT2D eigenvalue weighted by Crippen LogP contribution is 2.39. The number of para-hydroxylation sites is 1.